The molecule has 0 amide bonds. The molecule has 0 bridgehead atoms. The van der Waals surface area contributed by atoms with Gasteiger partial charge in [-0.2, -0.15) is 0 Å². The van der Waals surface area contributed by atoms with Gasteiger partial charge in [0.2, 0.25) is 0 Å². The first-order chi connectivity index (χ1) is 29.0. The largest absolute Gasteiger partial charge is 0.489 e. The van der Waals surface area contributed by atoms with E-state index in [9.17, 15) is 19.2 Å². The van der Waals surface area contributed by atoms with E-state index in [4.69, 9.17) is 9.47 Å². The van der Waals surface area contributed by atoms with Crippen LogP contribution in [0.25, 0.3) is 0 Å². The van der Waals surface area contributed by atoms with Crippen LogP contribution >= 0.6 is 0 Å². The molecule has 2 aromatic heterocycles. The van der Waals surface area contributed by atoms with Crippen LogP contribution in [0.1, 0.15) is 66.9 Å². The Hall–Kier alpha value is -6.36. The van der Waals surface area contributed by atoms with Crippen molar-refractivity contribution in [2.45, 2.75) is 66.1 Å². The van der Waals surface area contributed by atoms with Crippen LogP contribution in [0.3, 0.4) is 0 Å². The van der Waals surface area contributed by atoms with Crippen molar-refractivity contribution in [1.29, 1.82) is 0 Å². The second kappa shape index (κ2) is 21.1. The molecule has 60 heavy (non-hydrogen) atoms. The topological polar surface area (TPSA) is 103 Å². The second-order valence-electron chi connectivity index (χ2n) is 15.6. The fraction of sp³-hybridized carbons (Fsp3) is 0.280. The Bertz CT molecular complexity index is 2490. The van der Waals surface area contributed by atoms with Crippen LogP contribution in [0.2, 0.25) is 0 Å². The van der Waals surface area contributed by atoms with Crippen molar-refractivity contribution in [1.82, 2.24) is 18.9 Å². The summed E-state index contributed by atoms with van der Waals surface area (Å²) in [7, 11) is 4.02. The molecule has 310 valence electrons. The van der Waals surface area contributed by atoms with Gasteiger partial charge < -0.3 is 23.5 Å². The summed E-state index contributed by atoms with van der Waals surface area (Å²) in [6.45, 7) is 8.74. The molecule has 1 aliphatic rings. The number of aromatic nitrogens is 2. The number of carbonyl (C=O) groups is 2. The summed E-state index contributed by atoms with van der Waals surface area (Å²) in [4.78, 5) is 55.0. The molecule has 4 aromatic carbocycles. The van der Waals surface area contributed by atoms with Gasteiger partial charge in [-0.15, -0.1) is 0 Å². The third kappa shape index (κ3) is 12.6. The van der Waals surface area contributed by atoms with Crippen molar-refractivity contribution < 1.29 is 19.1 Å². The van der Waals surface area contributed by atoms with E-state index in [0.29, 0.717) is 35.8 Å². The fourth-order valence-corrected chi connectivity index (χ4v) is 7.22. The van der Waals surface area contributed by atoms with Crippen molar-refractivity contribution in [3.05, 3.63) is 199 Å². The number of hydrogen-bond donors (Lipinski definition) is 0. The minimum Gasteiger partial charge on any atom is -0.489 e. The van der Waals surface area contributed by atoms with E-state index >= 15 is 0 Å². The van der Waals surface area contributed by atoms with Crippen LogP contribution < -0.4 is 20.6 Å². The monoisotopic (exact) mass is 806 g/mol. The van der Waals surface area contributed by atoms with Crippen molar-refractivity contribution >= 4 is 11.6 Å². The number of likely N-dealkylation sites (tertiary alicyclic amines) is 1. The maximum Gasteiger partial charge on any atom is 0.254 e. The second-order valence-corrected chi connectivity index (χ2v) is 15.6. The first-order valence-corrected chi connectivity index (χ1v) is 20.4. The SMILES string of the molecule is Cc1cc(CN(C)C)ccc1C(=O)Cn1ccc(OCc2ccccc2)cc1=O.Cc1cc(CN2CCCC2)ccc1C(=O)Cn1ccc(OCc2ccccc2)cc1=O. The summed E-state index contributed by atoms with van der Waals surface area (Å²) >= 11 is 0. The van der Waals surface area contributed by atoms with Crippen LogP contribution in [0.4, 0.5) is 0 Å². The molecule has 0 aliphatic carbocycles. The highest BCUT2D eigenvalue weighted by atomic mass is 16.5. The van der Waals surface area contributed by atoms with Crippen LogP contribution in [0, 0.1) is 13.8 Å². The molecule has 1 aliphatic heterocycles. The minimum atomic E-state index is -0.259. The molecule has 10 nitrogen and oxygen atoms in total. The van der Waals surface area contributed by atoms with E-state index in [0.717, 1.165) is 54.0 Å². The predicted octanol–water partition coefficient (Wildman–Crippen LogP) is 7.89. The van der Waals surface area contributed by atoms with E-state index in [-0.39, 0.29) is 35.8 Å². The third-order valence-corrected chi connectivity index (χ3v) is 10.3. The van der Waals surface area contributed by atoms with Crippen LogP contribution in [0.15, 0.2) is 143 Å². The highest BCUT2D eigenvalue weighted by Gasteiger charge is 2.16. The van der Waals surface area contributed by atoms with Crippen molar-refractivity contribution in [3.8, 4) is 11.5 Å². The highest BCUT2D eigenvalue weighted by molar-refractivity contribution is 5.97. The lowest BCUT2D eigenvalue weighted by Gasteiger charge is -2.16. The van der Waals surface area contributed by atoms with E-state index in [2.05, 4.69) is 15.9 Å². The van der Waals surface area contributed by atoms with Crippen LogP contribution in [-0.4, -0.2) is 57.7 Å². The van der Waals surface area contributed by atoms with Gasteiger partial charge in [-0.25, -0.2) is 0 Å². The average molecular weight is 807 g/mol. The zero-order chi connectivity index (χ0) is 42.4. The summed E-state index contributed by atoms with van der Waals surface area (Å²) in [5, 5.41) is 0. The number of benzene rings is 4. The Balaban J connectivity index is 0.000000202. The summed E-state index contributed by atoms with van der Waals surface area (Å²) in [5.74, 6) is 0.844. The third-order valence-electron chi connectivity index (χ3n) is 10.3. The van der Waals surface area contributed by atoms with Crippen molar-refractivity contribution in [2.75, 3.05) is 27.2 Å². The molecule has 0 radical (unpaired) electrons. The summed E-state index contributed by atoms with van der Waals surface area (Å²) in [5.41, 5.74) is 7.13. The molecular weight excluding hydrogens is 753 g/mol. The number of rotatable bonds is 16. The van der Waals surface area contributed by atoms with Gasteiger partial charge in [-0.05, 0) is 99.4 Å². The highest BCUT2D eigenvalue weighted by Crippen LogP contribution is 2.18. The van der Waals surface area contributed by atoms with E-state index in [1.54, 1.807) is 24.5 Å². The number of ether oxygens (including phenoxy) is 2. The Morgan fingerprint density at radius 3 is 1.45 bits per heavy atom. The van der Waals surface area contributed by atoms with Crippen LogP contribution in [0.5, 0.6) is 11.5 Å². The number of aryl methyl sites for hydroxylation is 2. The molecule has 0 unspecified atom stereocenters. The van der Waals surface area contributed by atoms with Gasteiger partial charge in [0.25, 0.3) is 11.1 Å². The standard InChI is InChI=1S/C26H28N2O3.C24H26N2O3/c1-20-15-22(17-27-12-5-6-13-27)9-10-24(20)25(29)18-28-14-11-23(16-26(28)30)31-19-21-7-3-2-4-8-21;1-18-13-20(15-25(2)3)9-10-22(18)23(27)16-26-12-11-21(14-24(26)28)29-17-19-7-5-4-6-8-19/h2-4,7-11,14-16H,5-6,12-13,17-19H2,1H3;4-14H,15-17H2,1-3H3. The summed E-state index contributed by atoms with van der Waals surface area (Å²) < 4.78 is 14.2. The van der Waals surface area contributed by atoms with Crippen molar-refractivity contribution in [3.63, 3.8) is 0 Å². The molecule has 0 atom stereocenters. The zero-order valence-electron chi connectivity index (χ0n) is 35.0. The molecule has 1 saturated heterocycles. The number of Topliss-reactive ketones (excluding diaryl/α,β-unsaturated/α-hetero) is 2. The number of ketones is 2. The number of nitrogens with zero attached hydrogens (tertiary/aromatic N) is 4. The molecule has 7 rings (SSSR count). The van der Waals surface area contributed by atoms with Gasteiger partial charge >= 0.3 is 0 Å². The first-order valence-electron chi connectivity index (χ1n) is 20.4. The molecule has 3 heterocycles. The van der Waals surface area contributed by atoms with E-state index in [1.807, 2.05) is 119 Å². The Morgan fingerprint density at radius 1 is 0.567 bits per heavy atom. The normalized spacial score (nSPS) is 12.5. The van der Waals surface area contributed by atoms with Gasteiger partial charge in [0.1, 0.15) is 24.7 Å². The number of hydrogen-bond acceptors (Lipinski definition) is 8. The van der Waals surface area contributed by atoms with Gasteiger partial charge in [0.05, 0.1) is 13.1 Å². The molecule has 10 heteroatoms. The quantitative estimate of drug-likeness (QED) is 0.0911. The molecule has 0 saturated carbocycles. The van der Waals surface area contributed by atoms with E-state index < -0.39 is 0 Å². The Morgan fingerprint density at radius 2 is 1.02 bits per heavy atom. The molecule has 0 N–H and O–H groups in total. The summed E-state index contributed by atoms with van der Waals surface area (Å²) in [6, 6.07) is 37.7. The predicted molar refractivity (Wildman–Crippen MR) is 236 cm³/mol. The van der Waals surface area contributed by atoms with Crippen LogP contribution in [-0.2, 0) is 39.4 Å². The van der Waals surface area contributed by atoms with Gasteiger partial charge in [0, 0.05) is 48.7 Å². The number of carbonyl (C=O) groups excluding carboxylic acids is 2. The van der Waals surface area contributed by atoms with E-state index in [1.165, 1.54) is 39.7 Å². The molecular formula is C50H54N4O6. The zero-order valence-corrected chi connectivity index (χ0v) is 35.0. The van der Waals surface area contributed by atoms with Gasteiger partial charge in [0.15, 0.2) is 11.6 Å². The Kier molecular flexibility index (Phi) is 15.2. The maximum absolute atomic E-state index is 12.8. The molecule has 6 aromatic rings. The number of pyridine rings is 2. The lowest BCUT2D eigenvalue weighted by Crippen LogP contribution is -2.23. The minimum absolute atomic E-state index is 0.00562. The fourth-order valence-electron chi connectivity index (χ4n) is 7.22. The molecule has 0 spiro atoms. The van der Waals surface area contributed by atoms with Gasteiger partial charge in [-0.3, -0.25) is 24.1 Å². The maximum atomic E-state index is 12.8. The lowest BCUT2D eigenvalue weighted by atomic mass is 10.0. The van der Waals surface area contributed by atoms with Crippen molar-refractivity contribution in [2.24, 2.45) is 0 Å². The average Bonchev–Trinajstić information content (AvgIpc) is 3.75. The summed E-state index contributed by atoms with van der Waals surface area (Å²) in [6.07, 6.45) is 5.76. The first kappa shape index (κ1) is 43.2. The van der Waals surface area contributed by atoms with Gasteiger partial charge in [-0.1, -0.05) is 97.1 Å². The Labute approximate surface area is 352 Å². The molecule has 1 fully saturated rings. The lowest BCUT2D eigenvalue weighted by molar-refractivity contribution is 0.0962. The smallest absolute Gasteiger partial charge is 0.254 e.